The molecule has 0 saturated heterocycles. The first-order valence-corrected chi connectivity index (χ1v) is 6.06. The van der Waals surface area contributed by atoms with Gasteiger partial charge in [-0.25, -0.2) is 8.78 Å². The number of carbonyl (C=O) groups is 1. The second-order valence-corrected chi connectivity index (χ2v) is 4.51. The predicted octanol–water partition coefficient (Wildman–Crippen LogP) is 4.25. The number of para-hydroxylation sites is 1. The average molecular weight is 272 g/mol. The lowest BCUT2D eigenvalue weighted by atomic mass is 10.0. The summed E-state index contributed by atoms with van der Waals surface area (Å²) < 4.78 is 32.0. The molecular formula is C16H10F2O2. The maximum atomic E-state index is 13.7. The van der Waals surface area contributed by atoms with Crippen LogP contribution in [-0.2, 0) is 0 Å². The van der Waals surface area contributed by atoms with Crippen molar-refractivity contribution in [2.45, 2.75) is 6.92 Å². The number of hydrogen-bond donors (Lipinski definition) is 0. The van der Waals surface area contributed by atoms with E-state index < -0.39 is 17.4 Å². The molecule has 0 amide bonds. The third-order valence-electron chi connectivity index (χ3n) is 3.23. The van der Waals surface area contributed by atoms with Crippen LogP contribution in [0.5, 0.6) is 0 Å². The first kappa shape index (κ1) is 12.5. The fraction of sp³-hybridized carbons (Fsp3) is 0.0625. The van der Waals surface area contributed by atoms with Crippen molar-refractivity contribution in [3.8, 4) is 0 Å². The number of benzene rings is 2. The zero-order valence-corrected chi connectivity index (χ0v) is 10.6. The van der Waals surface area contributed by atoms with Gasteiger partial charge in [0.2, 0.25) is 5.78 Å². The van der Waals surface area contributed by atoms with Crippen molar-refractivity contribution in [3.05, 3.63) is 71.0 Å². The second kappa shape index (κ2) is 4.56. The number of fused-ring (bicyclic) bond motifs is 1. The van der Waals surface area contributed by atoms with Gasteiger partial charge in [0.05, 0.1) is 5.56 Å². The lowest BCUT2D eigenvalue weighted by Gasteiger charge is -2.01. The summed E-state index contributed by atoms with van der Waals surface area (Å²) in [6.45, 7) is 1.74. The van der Waals surface area contributed by atoms with Crippen molar-refractivity contribution < 1.29 is 18.0 Å². The third-order valence-corrected chi connectivity index (χ3v) is 3.23. The maximum absolute atomic E-state index is 13.7. The van der Waals surface area contributed by atoms with Crippen LogP contribution in [0.25, 0.3) is 11.0 Å². The molecule has 0 fully saturated rings. The molecule has 0 saturated carbocycles. The lowest BCUT2D eigenvalue weighted by Crippen LogP contribution is -2.04. The van der Waals surface area contributed by atoms with Gasteiger partial charge in [-0.1, -0.05) is 18.2 Å². The smallest absolute Gasteiger partial charge is 0.231 e. The van der Waals surface area contributed by atoms with E-state index in [0.29, 0.717) is 17.2 Å². The summed E-state index contributed by atoms with van der Waals surface area (Å²) in [6, 6.07) is 10.0. The molecule has 0 spiro atoms. The number of halogens is 2. The first-order chi connectivity index (χ1) is 9.58. The molecule has 0 N–H and O–H groups in total. The van der Waals surface area contributed by atoms with E-state index in [0.717, 1.165) is 17.5 Å². The van der Waals surface area contributed by atoms with Crippen LogP contribution in [0.4, 0.5) is 8.78 Å². The number of hydrogen-bond acceptors (Lipinski definition) is 2. The van der Waals surface area contributed by atoms with Gasteiger partial charge in [-0.15, -0.1) is 0 Å². The van der Waals surface area contributed by atoms with E-state index in [-0.39, 0.29) is 11.3 Å². The van der Waals surface area contributed by atoms with Gasteiger partial charge in [-0.3, -0.25) is 4.79 Å². The van der Waals surface area contributed by atoms with Crippen LogP contribution in [0.1, 0.15) is 21.7 Å². The van der Waals surface area contributed by atoms with Gasteiger partial charge in [-0.2, -0.15) is 0 Å². The van der Waals surface area contributed by atoms with Crippen molar-refractivity contribution in [1.82, 2.24) is 0 Å². The molecule has 0 radical (unpaired) electrons. The number of furan rings is 1. The highest BCUT2D eigenvalue weighted by molar-refractivity contribution is 6.10. The number of ketones is 1. The van der Waals surface area contributed by atoms with E-state index in [1.165, 1.54) is 0 Å². The standard InChI is InChI=1S/C16H10F2O2/c1-9-11-4-2-3-5-14(11)20-16(9)15(19)12-7-6-10(17)8-13(12)18/h2-8H,1H3. The molecular weight excluding hydrogens is 262 g/mol. The van der Waals surface area contributed by atoms with Gasteiger partial charge in [0, 0.05) is 17.0 Å². The van der Waals surface area contributed by atoms with E-state index >= 15 is 0 Å². The Kier molecular flexibility index (Phi) is 2.86. The SMILES string of the molecule is Cc1c(C(=O)c2ccc(F)cc2F)oc2ccccc12. The Morgan fingerprint density at radius 1 is 1.10 bits per heavy atom. The van der Waals surface area contributed by atoms with Crippen LogP contribution in [0.3, 0.4) is 0 Å². The Balaban J connectivity index is 2.15. The summed E-state index contributed by atoms with van der Waals surface area (Å²) in [4.78, 5) is 12.3. The molecule has 0 aliphatic heterocycles. The Labute approximate surface area is 113 Å². The summed E-state index contributed by atoms with van der Waals surface area (Å²) in [6.07, 6.45) is 0. The van der Waals surface area contributed by atoms with Gasteiger partial charge < -0.3 is 4.42 Å². The van der Waals surface area contributed by atoms with Crippen molar-refractivity contribution in [2.75, 3.05) is 0 Å². The Morgan fingerprint density at radius 3 is 2.55 bits per heavy atom. The van der Waals surface area contributed by atoms with Crippen LogP contribution >= 0.6 is 0 Å². The molecule has 0 unspecified atom stereocenters. The monoisotopic (exact) mass is 272 g/mol. The predicted molar refractivity (Wildman–Crippen MR) is 70.7 cm³/mol. The molecule has 2 nitrogen and oxygen atoms in total. The largest absolute Gasteiger partial charge is 0.452 e. The zero-order chi connectivity index (χ0) is 14.3. The fourth-order valence-corrected chi connectivity index (χ4v) is 2.19. The number of rotatable bonds is 2. The third kappa shape index (κ3) is 1.90. The summed E-state index contributed by atoms with van der Waals surface area (Å²) in [5.74, 6) is -2.12. The minimum atomic E-state index is -0.894. The van der Waals surface area contributed by atoms with E-state index in [1.807, 2.05) is 12.1 Å². The molecule has 0 aliphatic carbocycles. The van der Waals surface area contributed by atoms with Gasteiger partial charge in [0.1, 0.15) is 17.2 Å². The van der Waals surface area contributed by atoms with E-state index in [2.05, 4.69) is 0 Å². The maximum Gasteiger partial charge on any atom is 0.231 e. The Morgan fingerprint density at radius 2 is 1.85 bits per heavy atom. The van der Waals surface area contributed by atoms with Crippen molar-refractivity contribution in [3.63, 3.8) is 0 Å². The number of aryl methyl sites for hydroxylation is 1. The molecule has 0 aliphatic rings. The highest BCUT2D eigenvalue weighted by Gasteiger charge is 2.21. The molecule has 1 aromatic heterocycles. The summed E-state index contributed by atoms with van der Waals surface area (Å²) in [5.41, 5.74) is 1.01. The molecule has 2 aromatic carbocycles. The van der Waals surface area contributed by atoms with Crippen LogP contribution in [0.2, 0.25) is 0 Å². The van der Waals surface area contributed by atoms with Crippen molar-refractivity contribution in [2.24, 2.45) is 0 Å². The molecule has 1 heterocycles. The summed E-state index contributed by atoms with van der Waals surface area (Å²) in [7, 11) is 0. The first-order valence-electron chi connectivity index (χ1n) is 6.06. The normalized spacial score (nSPS) is 10.9. The van der Waals surface area contributed by atoms with Crippen molar-refractivity contribution >= 4 is 16.8 Å². The van der Waals surface area contributed by atoms with Gasteiger partial charge in [-0.05, 0) is 25.1 Å². The Bertz CT molecular complexity index is 818. The highest BCUT2D eigenvalue weighted by atomic mass is 19.1. The van der Waals surface area contributed by atoms with Crippen LogP contribution < -0.4 is 0 Å². The van der Waals surface area contributed by atoms with Crippen molar-refractivity contribution in [1.29, 1.82) is 0 Å². The fourth-order valence-electron chi connectivity index (χ4n) is 2.19. The van der Waals surface area contributed by atoms with Crippen LogP contribution in [0.15, 0.2) is 46.9 Å². The van der Waals surface area contributed by atoms with Gasteiger partial charge in [0.15, 0.2) is 5.76 Å². The Hall–Kier alpha value is -2.49. The summed E-state index contributed by atoms with van der Waals surface area (Å²) in [5, 5.41) is 0.804. The molecule has 4 heteroatoms. The van der Waals surface area contributed by atoms with Crippen LogP contribution in [-0.4, -0.2) is 5.78 Å². The minimum Gasteiger partial charge on any atom is -0.452 e. The second-order valence-electron chi connectivity index (χ2n) is 4.51. The average Bonchev–Trinajstić information content (AvgIpc) is 2.76. The topological polar surface area (TPSA) is 30.2 Å². The molecule has 3 rings (SSSR count). The lowest BCUT2D eigenvalue weighted by molar-refractivity contribution is 0.101. The van der Waals surface area contributed by atoms with Gasteiger partial charge in [0.25, 0.3) is 0 Å². The molecule has 0 atom stereocenters. The molecule has 0 bridgehead atoms. The quantitative estimate of drug-likeness (QED) is 0.653. The molecule has 100 valence electrons. The number of carbonyl (C=O) groups excluding carboxylic acids is 1. The minimum absolute atomic E-state index is 0.0803. The zero-order valence-electron chi connectivity index (χ0n) is 10.6. The summed E-state index contributed by atoms with van der Waals surface area (Å²) >= 11 is 0. The van der Waals surface area contributed by atoms with E-state index in [9.17, 15) is 13.6 Å². The molecule has 20 heavy (non-hydrogen) atoms. The highest BCUT2D eigenvalue weighted by Crippen LogP contribution is 2.27. The van der Waals surface area contributed by atoms with E-state index in [1.54, 1.807) is 19.1 Å². The molecule has 3 aromatic rings. The van der Waals surface area contributed by atoms with E-state index in [4.69, 9.17) is 4.42 Å². The van der Waals surface area contributed by atoms with Crippen LogP contribution in [0, 0.1) is 18.6 Å². The van der Waals surface area contributed by atoms with Gasteiger partial charge >= 0.3 is 0 Å².